The maximum atomic E-state index is 12.1. The number of hydrogen-bond donors (Lipinski definition) is 3. The number of imidazole rings is 1. The highest BCUT2D eigenvalue weighted by atomic mass is 16.5. The molecule has 4 amide bonds. The number of H-pyrrole nitrogens is 1. The number of esters is 1. The third kappa shape index (κ3) is 8.11. The van der Waals surface area contributed by atoms with Crippen LogP contribution < -0.4 is 10.6 Å². The van der Waals surface area contributed by atoms with E-state index in [1.54, 1.807) is 19.1 Å². The molecule has 3 N–H and O–H groups in total. The van der Waals surface area contributed by atoms with Crippen molar-refractivity contribution >= 4 is 57.6 Å². The van der Waals surface area contributed by atoms with Gasteiger partial charge in [-0.1, -0.05) is 86.0 Å². The highest BCUT2D eigenvalue weighted by molar-refractivity contribution is 6.25. The highest BCUT2D eigenvalue weighted by Gasteiger charge is 2.31. The number of carbonyl (C=O) groups excluding carboxylic acids is 4. The number of imide groups is 1. The van der Waals surface area contributed by atoms with Crippen molar-refractivity contribution in [1.29, 1.82) is 0 Å². The predicted octanol–water partition coefficient (Wildman–Crippen LogP) is 6.59. The van der Waals surface area contributed by atoms with Gasteiger partial charge in [-0.2, -0.15) is 0 Å². The lowest BCUT2D eigenvalue weighted by Gasteiger charge is -2.25. The molecular formula is C36H35N5O5. The van der Waals surface area contributed by atoms with E-state index in [1.807, 2.05) is 91.9 Å². The van der Waals surface area contributed by atoms with E-state index in [0.29, 0.717) is 29.2 Å². The van der Waals surface area contributed by atoms with Crippen LogP contribution in [0.3, 0.4) is 0 Å². The summed E-state index contributed by atoms with van der Waals surface area (Å²) in [7, 11) is 0. The maximum absolute atomic E-state index is 12.1. The van der Waals surface area contributed by atoms with Gasteiger partial charge in [-0.3, -0.25) is 19.8 Å². The van der Waals surface area contributed by atoms with E-state index in [9.17, 15) is 19.2 Å². The van der Waals surface area contributed by atoms with E-state index < -0.39 is 12.0 Å². The molecule has 0 bridgehead atoms. The van der Waals surface area contributed by atoms with Crippen molar-refractivity contribution in [2.24, 2.45) is 0 Å². The quantitative estimate of drug-likeness (QED) is 0.0817. The van der Waals surface area contributed by atoms with Crippen LogP contribution in [-0.4, -0.2) is 58.4 Å². The van der Waals surface area contributed by atoms with Gasteiger partial charge in [-0.15, -0.1) is 0 Å². The Morgan fingerprint density at radius 2 is 1.54 bits per heavy atom. The molecule has 0 atom stereocenters. The van der Waals surface area contributed by atoms with Crippen LogP contribution in [0.4, 0.5) is 10.7 Å². The number of aromatic nitrogens is 2. The topological polar surface area (TPSA) is 133 Å². The molecule has 4 aromatic carbocycles. The van der Waals surface area contributed by atoms with Gasteiger partial charge in [0.2, 0.25) is 5.95 Å². The van der Waals surface area contributed by atoms with Crippen molar-refractivity contribution in [3.8, 4) is 0 Å². The second-order valence-electron chi connectivity index (χ2n) is 10.1. The lowest BCUT2D eigenvalue weighted by molar-refractivity contribution is -0.138. The van der Waals surface area contributed by atoms with Gasteiger partial charge >= 0.3 is 12.0 Å². The Hall–Kier alpha value is -6.03. The number of aromatic amines is 1. The average molecular weight is 618 g/mol. The zero-order valence-electron chi connectivity index (χ0n) is 25.7. The molecular weight excluding hydrogens is 582 g/mol. The molecule has 10 nitrogen and oxygen atoms in total. The zero-order valence-corrected chi connectivity index (χ0v) is 25.7. The van der Waals surface area contributed by atoms with Gasteiger partial charge < -0.3 is 15.0 Å². The Kier molecular flexibility index (Phi) is 11.2. The van der Waals surface area contributed by atoms with Crippen LogP contribution in [0, 0.1) is 0 Å². The van der Waals surface area contributed by atoms with Crippen LogP contribution >= 0.6 is 0 Å². The number of fused-ring (bicyclic) bond motifs is 1. The predicted molar refractivity (Wildman–Crippen MR) is 180 cm³/mol. The lowest BCUT2D eigenvalue weighted by atomic mass is 9.94. The summed E-state index contributed by atoms with van der Waals surface area (Å²) in [6, 6.07) is 28.1. The number of rotatable bonds is 7. The fourth-order valence-electron chi connectivity index (χ4n) is 4.55. The van der Waals surface area contributed by atoms with Crippen molar-refractivity contribution in [1.82, 2.24) is 20.2 Å². The van der Waals surface area contributed by atoms with Crippen molar-refractivity contribution in [3.63, 3.8) is 0 Å². The molecule has 1 aliphatic heterocycles. The largest absolute Gasteiger partial charge is 0.460 e. The van der Waals surface area contributed by atoms with Gasteiger partial charge in [0.1, 0.15) is 6.61 Å². The van der Waals surface area contributed by atoms with E-state index in [4.69, 9.17) is 4.74 Å². The summed E-state index contributed by atoms with van der Waals surface area (Å²) in [5, 5.41) is 6.85. The molecule has 0 spiro atoms. The number of urea groups is 1. The van der Waals surface area contributed by atoms with Crippen molar-refractivity contribution in [2.45, 2.75) is 13.8 Å². The van der Waals surface area contributed by atoms with E-state index in [-0.39, 0.29) is 25.0 Å². The van der Waals surface area contributed by atoms with Crippen LogP contribution in [0.15, 0.2) is 110 Å². The fraction of sp³-hybridized carbons (Fsp3) is 0.139. The SMILES string of the molecule is C=C(C)C(=O)OCCNC(=O)Nc1nc2ccccc2[nH]1.C=Cc1ccccc1.CCN1C(=O)c2cccc3cccc(c23)C1=O. The first-order chi connectivity index (χ1) is 22.2. The Morgan fingerprint density at radius 3 is 2.11 bits per heavy atom. The summed E-state index contributed by atoms with van der Waals surface area (Å²) in [5.74, 6) is -0.509. The second kappa shape index (κ2) is 15.6. The molecule has 0 fully saturated rings. The van der Waals surface area contributed by atoms with Gasteiger partial charge in [0.15, 0.2) is 0 Å². The molecule has 0 aliphatic carbocycles. The standard InChI is InChI=1S/C14H16N4O3.C14H11NO2.C8H8/c1-9(2)12(19)21-8-7-15-14(20)18-13-16-10-5-3-4-6-11(10)17-13;1-2-15-13(16)10-7-3-5-9-6-4-8-11(12(9)10)14(15)17;1-2-8-6-4-3-5-7-8/h3-6H,1,7-8H2,2H3,(H3,15,16,17,18,20);3-8H,2H2,1H3;2-7H,1H2. The van der Waals surface area contributed by atoms with E-state index >= 15 is 0 Å². The minimum Gasteiger partial charge on any atom is -0.460 e. The fourth-order valence-corrected chi connectivity index (χ4v) is 4.55. The molecule has 0 saturated heterocycles. The van der Waals surface area contributed by atoms with Crippen LogP contribution in [0.2, 0.25) is 0 Å². The van der Waals surface area contributed by atoms with Crippen LogP contribution in [0.25, 0.3) is 27.9 Å². The summed E-state index contributed by atoms with van der Waals surface area (Å²) >= 11 is 0. The molecule has 46 heavy (non-hydrogen) atoms. The second-order valence-corrected chi connectivity index (χ2v) is 10.1. The summed E-state index contributed by atoms with van der Waals surface area (Å²) in [6.07, 6.45) is 1.83. The minimum atomic E-state index is -0.477. The Labute approximate surface area is 266 Å². The van der Waals surface area contributed by atoms with Crippen LogP contribution in [-0.2, 0) is 9.53 Å². The molecule has 1 aliphatic rings. The van der Waals surface area contributed by atoms with Crippen LogP contribution in [0.1, 0.15) is 40.1 Å². The van der Waals surface area contributed by atoms with Gasteiger partial charge in [0.25, 0.3) is 11.8 Å². The van der Waals surface area contributed by atoms with Crippen molar-refractivity contribution < 1.29 is 23.9 Å². The third-order valence-electron chi connectivity index (χ3n) is 6.80. The normalized spacial score (nSPS) is 11.5. The molecule has 6 rings (SSSR count). The molecule has 0 radical (unpaired) electrons. The van der Waals surface area contributed by atoms with Crippen molar-refractivity contribution in [3.05, 3.63) is 126 Å². The number of para-hydroxylation sites is 2. The van der Waals surface area contributed by atoms with Crippen LogP contribution in [0.5, 0.6) is 0 Å². The molecule has 1 aromatic heterocycles. The van der Waals surface area contributed by atoms with Gasteiger partial charge in [0, 0.05) is 28.6 Å². The zero-order chi connectivity index (χ0) is 33.1. The van der Waals surface area contributed by atoms with Gasteiger partial charge in [-0.05, 0) is 49.1 Å². The third-order valence-corrected chi connectivity index (χ3v) is 6.80. The smallest absolute Gasteiger partial charge is 0.333 e. The maximum Gasteiger partial charge on any atom is 0.333 e. The van der Waals surface area contributed by atoms with Gasteiger partial charge in [-0.25, -0.2) is 14.6 Å². The monoisotopic (exact) mass is 617 g/mol. The molecule has 5 aromatic rings. The molecule has 0 saturated carbocycles. The summed E-state index contributed by atoms with van der Waals surface area (Å²) in [4.78, 5) is 55.5. The number of anilines is 1. The number of benzene rings is 4. The summed E-state index contributed by atoms with van der Waals surface area (Å²) in [5.41, 5.74) is 4.35. The Balaban J connectivity index is 0.000000171. The molecule has 0 unspecified atom stereocenters. The number of carbonyl (C=O) groups is 4. The van der Waals surface area contributed by atoms with E-state index in [2.05, 4.69) is 33.8 Å². The number of ether oxygens (including phenoxy) is 1. The molecule has 2 heterocycles. The van der Waals surface area contributed by atoms with E-state index in [0.717, 1.165) is 21.8 Å². The molecule has 234 valence electrons. The number of nitrogens with zero attached hydrogens (tertiary/aromatic N) is 2. The highest BCUT2D eigenvalue weighted by Crippen LogP contribution is 2.29. The Morgan fingerprint density at radius 1 is 0.913 bits per heavy atom. The van der Waals surface area contributed by atoms with Gasteiger partial charge in [0.05, 0.1) is 17.6 Å². The average Bonchev–Trinajstić information content (AvgIpc) is 3.49. The summed E-state index contributed by atoms with van der Waals surface area (Å²) in [6.45, 7) is 11.1. The first kappa shape index (κ1) is 32.9. The molecule has 10 heteroatoms. The lowest BCUT2D eigenvalue weighted by Crippen LogP contribution is -2.39. The summed E-state index contributed by atoms with van der Waals surface area (Å²) < 4.78 is 4.85. The first-order valence-electron chi connectivity index (χ1n) is 14.6. The number of nitrogens with one attached hydrogen (secondary N) is 3. The number of amides is 4. The Bertz CT molecular complexity index is 1810. The van der Waals surface area contributed by atoms with Crippen molar-refractivity contribution in [2.75, 3.05) is 25.0 Å². The number of hydrogen-bond acceptors (Lipinski definition) is 6. The minimum absolute atomic E-state index is 0.0826. The first-order valence-corrected chi connectivity index (χ1v) is 14.6. The van der Waals surface area contributed by atoms with E-state index in [1.165, 1.54) is 10.5 Å².